The summed E-state index contributed by atoms with van der Waals surface area (Å²) in [6.07, 6.45) is 1.23. The first kappa shape index (κ1) is 22.4. The lowest BCUT2D eigenvalue weighted by Crippen LogP contribution is -2.20. The molecule has 170 valence electrons. The number of ketones is 1. The van der Waals surface area contributed by atoms with Gasteiger partial charge in [0.1, 0.15) is 0 Å². The number of carbonyl (C=O) groups excluding carboxylic acids is 2. The SMILES string of the molecule is CCOC(=O)c1cccc(-n2c(-c3ccc(Br)cc3)cc3c2CC(c2ccccc2)CC3=O)c1. The summed E-state index contributed by atoms with van der Waals surface area (Å²) in [5, 5.41) is 0. The highest BCUT2D eigenvalue weighted by Gasteiger charge is 2.31. The number of hydrogen-bond acceptors (Lipinski definition) is 3. The van der Waals surface area contributed by atoms with E-state index in [0.717, 1.165) is 39.1 Å². The van der Waals surface area contributed by atoms with Crippen molar-refractivity contribution in [3.8, 4) is 16.9 Å². The lowest BCUT2D eigenvalue weighted by atomic mass is 9.82. The fraction of sp³-hybridized carbons (Fsp3) is 0.172. The molecule has 0 aliphatic heterocycles. The minimum absolute atomic E-state index is 0.112. The minimum atomic E-state index is -0.353. The van der Waals surface area contributed by atoms with Gasteiger partial charge < -0.3 is 9.30 Å². The molecule has 34 heavy (non-hydrogen) atoms. The van der Waals surface area contributed by atoms with Gasteiger partial charge in [0.2, 0.25) is 0 Å². The summed E-state index contributed by atoms with van der Waals surface area (Å²) in [6, 6.07) is 27.7. The number of aromatic nitrogens is 1. The fourth-order valence-electron chi connectivity index (χ4n) is 4.71. The Kier molecular flexibility index (Phi) is 6.20. The van der Waals surface area contributed by atoms with Crippen LogP contribution in [0.4, 0.5) is 0 Å². The second-order valence-electron chi connectivity index (χ2n) is 8.44. The van der Waals surface area contributed by atoms with Gasteiger partial charge in [-0.15, -0.1) is 0 Å². The molecule has 1 aromatic heterocycles. The Hall–Kier alpha value is -3.44. The van der Waals surface area contributed by atoms with E-state index in [-0.39, 0.29) is 17.7 Å². The van der Waals surface area contributed by atoms with Crippen LogP contribution in [-0.2, 0) is 11.2 Å². The van der Waals surface area contributed by atoms with Crippen molar-refractivity contribution in [3.05, 3.63) is 112 Å². The summed E-state index contributed by atoms with van der Waals surface area (Å²) in [7, 11) is 0. The molecule has 1 unspecified atom stereocenters. The van der Waals surface area contributed by atoms with Crippen molar-refractivity contribution < 1.29 is 14.3 Å². The molecule has 1 heterocycles. The average Bonchev–Trinajstić information content (AvgIpc) is 3.25. The van der Waals surface area contributed by atoms with Gasteiger partial charge in [0, 0.05) is 27.8 Å². The van der Waals surface area contributed by atoms with Gasteiger partial charge in [0.05, 0.1) is 17.9 Å². The summed E-state index contributed by atoms with van der Waals surface area (Å²) < 4.78 is 8.35. The number of rotatable bonds is 5. The number of benzene rings is 3. The maximum atomic E-state index is 13.3. The van der Waals surface area contributed by atoms with Gasteiger partial charge in [0.15, 0.2) is 5.78 Å². The molecule has 4 nitrogen and oxygen atoms in total. The van der Waals surface area contributed by atoms with E-state index in [1.54, 1.807) is 13.0 Å². The highest BCUT2D eigenvalue weighted by molar-refractivity contribution is 9.10. The van der Waals surface area contributed by atoms with Gasteiger partial charge in [-0.25, -0.2) is 4.79 Å². The molecular formula is C29H24BrNO3. The van der Waals surface area contributed by atoms with Crippen LogP contribution in [-0.4, -0.2) is 22.9 Å². The van der Waals surface area contributed by atoms with Crippen LogP contribution in [0.25, 0.3) is 16.9 Å². The standard InChI is InChI=1S/C29H24BrNO3/c1-2-34-29(33)21-9-6-10-24(15-21)31-26(20-11-13-23(30)14-12-20)18-25-27(31)16-22(17-28(25)32)19-7-4-3-5-8-19/h3-15,18,22H,2,16-17H2,1H3. The average molecular weight is 514 g/mol. The Morgan fingerprint density at radius 2 is 1.74 bits per heavy atom. The quantitative estimate of drug-likeness (QED) is 0.270. The summed E-state index contributed by atoms with van der Waals surface area (Å²) >= 11 is 3.51. The Morgan fingerprint density at radius 3 is 2.47 bits per heavy atom. The van der Waals surface area contributed by atoms with Crippen molar-refractivity contribution in [1.29, 1.82) is 0 Å². The van der Waals surface area contributed by atoms with Gasteiger partial charge in [-0.05, 0) is 66.8 Å². The van der Waals surface area contributed by atoms with Crippen LogP contribution in [0.2, 0.25) is 0 Å². The minimum Gasteiger partial charge on any atom is -0.462 e. The number of Topliss-reactive ketones (excluding diaryl/α,β-unsaturated/α-hetero) is 1. The summed E-state index contributed by atoms with van der Waals surface area (Å²) in [5.41, 5.74) is 6.16. The number of halogens is 1. The van der Waals surface area contributed by atoms with E-state index in [2.05, 4.69) is 32.6 Å². The molecule has 1 atom stereocenters. The van der Waals surface area contributed by atoms with E-state index in [1.165, 1.54) is 5.56 Å². The molecule has 0 radical (unpaired) electrons. The van der Waals surface area contributed by atoms with Gasteiger partial charge >= 0.3 is 5.97 Å². The maximum absolute atomic E-state index is 13.3. The second-order valence-corrected chi connectivity index (χ2v) is 9.36. The summed E-state index contributed by atoms with van der Waals surface area (Å²) in [4.78, 5) is 25.8. The topological polar surface area (TPSA) is 48.3 Å². The third kappa shape index (κ3) is 4.24. The predicted molar refractivity (Wildman–Crippen MR) is 137 cm³/mol. The van der Waals surface area contributed by atoms with Crippen molar-refractivity contribution in [2.45, 2.75) is 25.7 Å². The zero-order valence-corrected chi connectivity index (χ0v) is 20.4. The smallest absolute Gasteiger partial charge is 0.338 e. The van der Waals surface area contributed by atoms with Crippen LogP contribution in [0.3, 0.4) is 0 Å². The van der Waals surface area contributed by atoms with Gasteiger partial charge in [-0.3, -0.25) is 4.79 Å². The Bertz CT molecular complexity index is 1360. The molecule has 1 aliphatic rings. The molecule has 3 aromatic carbocycles. The first-order chi connectivity index (χ1) is 16.5. The highest BCUT2D eigenvalue weighted by Crippen LogP contribution is 2.39. The largest absolute Gasteiger partial charge is 0.462 e. The molecule has 1 aliphatic carbocycles. The lowest BCUT2D eigenvalue weighted by molar-refractivity contribution is 0.0526. The molecule has 5 rings (SSSR count). The number of esters is 1. The van der Waals surface area contributed by atoms with E-state index in [1.807, 2.05) is 66.7 Å². The van der Waals surface area contributed by atoms with Crippen molar-refractivity contribution in [2.75, 3.05) is 6.61 Å². The molecule has 0 amide bonds. The van der Waals surface area contributed by atoms with Crippen LogP contribution in [0.5, 0.6) is 0 Å². The zero-order chi connectivity index (χ0) is 23.7. The van der Waals surface area contributed by atoms with E-state index < -0.39 is 0 Å². The van der Waals surface area contributed by atoms with Crippen LogP contribution < -0.4 is 0 Å². The summed E-state index contributed by atoms with van der Waals surface area (Å²) in [5.74, 6) is -0.0941. The third-order valence-corrected chi connectivity index (χ3v) is 6.83. The Balaban J connectivity index is 1.68. The first-order valence-electron chi connectivity index (χ1n) is 11.4. The molecular weight excluding hydrogens is 490 g/mol. The monoisotopic (exact) mass is 513 g/mol. The third-order valence-electron chi connectivity index (χ3n) is 6.30. The van der Waals surface area contributed by atoms with E-state index >= 15 is 0 Å². The molecule has 5 heteroatoms. The van der Waals surface area contributed by atoms with E-state index in [9.17, 15) is 9.59 Å². The van der Waals surface area contributed by atoms with Crippen LogP contribution >= 0.6 is 15.9 Å². The predicted octanol–water partition coefficient (Wildman–Crippen LogP) is 7.00. The normalized spacial score (nSPS) is 15.1. The number of ether oxygens (including phenoxy) is 1. The number of fused-ring (bicyclic) bond motifs is 1. The molecule has 0 saturated carbocycles. The lowest BCUT2D eigenvalue weighted by Gasteiger charge is -2.24. The van der Waals surface area contributed by atoms with Crippen molar-refractivity contribution in [2.24, 2.45) is 0 Å². The van der Waals surface area contributed by atoms with Gasteiger partial charge in [0.25, 0.3) is 0 Å². The van der Waals surface area contributed by atoms with E-state index in [4.69, 9.17) is 4.74 Å². The Morgan fingerprint density at radius 1 is 0.971 bits per heavy atom. The van der Waals surface area contributed by atoms with Gasteiger partial charge in [-0.2, -0.15) is 0 Å². The number of carbonyl (C=O) groups is 2. The van der Waals surface area contributed by atoms with Crippen LogP contribution in [0, 0.1) is 0 Å². The number of nitrogens with zero attached hydrogens (tertiary/aromatic N) is 1. The Labute approximate surface area is 207 Å². The molecule has 0 spiro atoms. The van der Waals surface area contributed by atoms with Crippen molar-refractivity contribution in [1.82, 2.24) is 4.57 Å². The molecule has 4 aromatic rings. The van der Waals surface area contributed by atoms with E-state index in [0.29, 0.717) is 18.6 Å². The van der Waals surface area contributed by atoms with Crippen LogP contribution in [0.1, 0.15) is 51.2 Å². The second kappa shape index (κ2) is 9.43. The van der Waals surface area contributed by atoms with Crippen molar-refractivity contribution >= 4 is 27.7 Å². The summed E-state index contributed by atoms with van der Waals surface area (Å²) in [6.45, 7) is 2.12. The molecule has 0 saturated heterocycles. The fourth-order valence-corrected chi connectivity index (χ4v) is 4.97. The first-order valence-corrected chi connectivity index (χ1v) is 12.2. The highest BCUT2D eigenvalue weighted by atomic mass is 79.9. The number of hydrogen-bond donors (Lipinski definition) is 0. The van der Waals surface area contributed by atoms with Crippen LogP contribution in [0.15, 0.2) is 89.4 Å². The molecule has 0 fully saturated rings. The zero-order valence-electron chi connectivity index (χ0n) is 18.8. The molecule has 0 N–H and O–H groups in total. The molecule has 0 bridgehead atoms. The van der Waals surface area contributed by atoms with Crippen molar-refractivity contribution in [3.63, 3.8) is 0 Å². The van der Waals surface area contributed by atoms with Gasteiger partial charge in [-0.1, -0.05) is 64.5 Å². The maximum Gasteiger partial charge on any atom is 0.338 e.